The predicted molar refractivity (Wildman–Crippen MR) is 97.7 cm³/mol. The van der Waals surface area contributed by atoms with Gasteiger partial charge in [-0.1, -0.05) is 23.7 Å². The van der Waals surface area contributed by atoms with Gasteiger partial charge in [0.1, 0.15) is 29.4 Å². The van der Waals surface area contributed by atoms with Crippen LogP contribution in [-0.2, 0) is 0 Å². The number of nitrogens with zero attached hydrogens (tertiary/aromatic N) is 2. The number of rotatable bonds is 5. The third kappa shape index (κ3) is 4.07. The first-order valence-electron chi connectivity index (χ1n) is 7.55. The zero-order valence-corrected chi connectivity index (χ0v) is 14.4. The van der Waals surface area contributed by atoms with Gasteiger partial charge in [-0.25, -0.2) is 14.4 Å². The molecule has 0 fully saturated rings. The average molecular weight is 373 g/mol. The maximum absolute atomic E-state index is 13.7. The maximum Gasteiger partial charge on any atom is 0.274 e. The molecule has 6 nitrogen and oxygen atoms in total. The summed E-state index contributed by atoms with van der Waals surface area (Å²) in [6.07, 6.45) is 1.23. The van der Waals surface area contributed by atoms with E-state index < -0.39 is 11.7 Å². The SMILES string of the molecule is COc1ccc(Cl)cc1Nc1cc(C(=O)Nc2ccccc2F)ncn1. The van der Waals surface area contributed by atoms with Crippen molar-refractivity contribution in [1.82, 2.24) is 9.97 Å². The summed E-state index contributed by atoms with van der Waals surface area (Å²) in [6.45, 7) is 0. The molecule has 1 aromatic heterocycles. The van der Waals surface area contributed by atoms with Crippen molar-refractivity contribution < 1.29 is 13.9 Å². The number of amides is 1. The Kier molecular flexibility index (Phi) is 5.28. The van der Waals surface area contributed by atoms with Gasteiger partial charge < -0.3 is 15.4 Å². The van der Waals surface area contributed by atoms with Gasteiger partial charge in [0.15, 0.2) is 0 Å². The number of anilines is 3. The summed E-state index contributed by atoms with van der Waals surface area (Å²) in [7, 11) is 1.53. The molecular weight excluding hydrogens is 359 g/mol. The summed E-state index contributed by atoms with van der Waals surface area (Å²) >= 11 is 6.00. The van der Waals surface area contributed by atoms with Crippen LogP contribution in [0.2, 0.25) is 5.02 Å². The normalized spacial score (nSPS) is 10.3. The minimum absolute atomic E-state index is 0.0714. The molecule has 0 unspecified atom stereocenters. The molecule has 0 aliphatic carbocycles. The van der Waals surface area contributed by atoms with Crippen LogP contribution in [0.4, 0.5) is 21.6 Å². The summed E-state index contributed by atoms with van der Waals surface area (Å²) in [5.41, 5.74) is 0.730. The molecular formula is C18H14ClFN4O2. The molecule has 0 saturated heterocycles. The first kappa shape index (κ1) is 17.6. The molecule has 3 rings (SSSR count). The topological polar surface area (TPSA) is 76.1 Å². The van der Waals surface area contributed by atoms with Crippen LogP contribution < -0.4 is 15.4 Å². The van der Waals surface area contributed by atoms with Gasteiger partial charge in [-0.15, -0.1) is 0 Å². The van der Waals surface area contributed by atoms with Crippen LogP contribution in [0.15, 0.2) is 54.9 Å². The van der Waals surface area contributed by atoms with Gasteiger partial charge in [-0.2, -0.15) is 0 Å². The van der Waals surface area contributed by atoms with Gasteiger partial charge in [0, 0.05) is 11.1 Å². The quantitative estimate of drug-likeness (QED) is 0.699. The van der Waals surface area contributed by atoms with Crippen molar-refractivity contribution in [2.24, 2.45) is 0 Å². The highest BCUT2D eigenvalue weighted by atomic mass is 35.5. The number of benzene rings is 2. The van der Waals surface area contributed by atoms with E-state index in [0.717, 1.165) is 0 Å². The summed E-state index contributed by atoms with van der Waals surface area (Å²) in [4.78, 5) is 20.3. The number of aromatic nitrogens is 2. The molecule has 26 heavy (non-hydrogen) atoms. The number of carbonyl (C=O) groups is 1. The molecule has 2 N–H and O–H groups in total. The lowest BCUT2D eigenvalue weighted by atomic mass is 10.2. The van der Waals surface area contributed by atoms with Crippen LogP contribution in [0.5, 0.6) is 5.75 Å². The van der Waals surface area contributed by atoms with Crippen molar-refractivity contribution in [2.75, 3.05) is 17.7 Å². The smallest absolute Gasteiger partial charge is 0.274 e. The number of methoxy groups -OCH3 is 1. The van der Waals surface area contributed by atoms with Crippen LogP contribution in [0.25, 0.3) is 0 Å². The molecule has 1 amide bonds. The van der Waals surface area contributed by atoms with E-state index in [2.05, 4.69) is 20.6 Å². The van der Waals surface area contributed by atoms with Crippen LogP contribution in [0.3, 0.4) is 0 Å². The van der Waals surface area contributed by atoms with E-state index in [1.54, 1.807) is 24.3 Å². The molecule has 1 heterocycles. The second kappa shape index (κ2) is 7.79. The molecule has 2 aromatic carbocycles. The number of halogens is 2. The van der Waals surface area contributed by atoms with E-state index in [0.29, 0.717) is 22.3 Å². The number of ether oxygens (including phenoxy) is 1. The van der Waals surface area contributed by atoms with Crippen LogP contribution >= 0.6 is 11.6 Å². The van der Waals surface area contributed by atoms with Gasteiger partial charge in [-0.3, -0.25) is 4.79 Å². The zero-order chi connectivity index (χ0) is 18.5. The minimum atomic E-state index is -0.557. The second-order valence-corrected chi connectivity index (χ2v) is 5.63. The minimum Gasteiger partial charge on any atom is -0.495 e. The fraction of sp³-hybridized carbons (Fsp3) is 0.0556. The van der Waals surface area contributed by atoms with E-state index in [1.165, 1.54) is 37.7 Å². The van der Waals surface area contributed by atoms with Gasteiger partial charge in [0.2, 0.25) is 0 Å². The maximum atomic E-state index is 13.7. The Morgan fingerprint density at radius 3 is 2.69 bits per heavy atom. The number of nitrogens with one attached hydrogen (secondary N) is 2. The number of hydrogen-bond donors (Lipinski definition) is 2. The Morgan fingerprint density at radius 2 is 1.92 bits per heavy atom. The van der Waals surface area contributed by atoms with Crippen LogP contribution in [0, 0.1) is 5.82 Å². The molecule has 3 aromatic rings. The number of carbonyl (C=O) groups excluding carboxylic acids is 1. The molecule has 132 valence electrons. The number of hydrogen-bond acceptors (Lipinski definition) is 5. The summed E-state index contributed by atoms with van der Waals surface area (Å²) < 4.78 is 18.9. The monoisotopic (exact) mass is 372 g/mol. The highest BCUT2D eigenvalue weighted by Gasteiger charge is 2.12. The Hall–Kier alpha value is -3.19. The summed E-state index contributed by atoms with van der Waals surface area (Å²) in [5, 5.41) is 6.01. The molecule has 0 spiro atoms. The predicted octanol–water partition coefficient (Wildman–Crippen LogP) is 4.27. The Labute approximate surface area is 154 Å². The fourth-order valence-corrected chi connectivity index (χ4v) is 2.39. The molecule has 0 atom stereocenters. The standard InChI is InChI=1S/C18H14ClFN4O2/c1-26-16-7-6-11(19)8-14(16)23-17-9-15(21-10-22-17)18(25)24-13-5-3-2-4-12(13)20/h2-10H,1H3,(H,24,25)(H,21,22,23). The largest absolute Gasteiger partial charge is 0.495 e. The van der Waals surface area contributed by atoms with E-state index >= 15 is 0 Å². The second-order valence-electron chi connectivity index (χ2n) is 5.19. The summed E-state index contributed by atoms with van der Waals surface area (Å²) in [6, 6.07) is 12.4. The van der Waals surface area contributed by atoms with Gasteiger partial charge >= 0.3 is 0 Å². The van der Waals surface area contributed by atoms with E-state index in [-0.39, 0.29) is 11.4 Å². The molecule has 0 aliphatic rings. The Morgan fingerprint density at radius 1 is 1.12 bits per heavy atom. The van der Waals surface area contributed by atoms with Gasteiger partial charge in [0.25, 0.3) is 5.91 Å². The first-order valence-corrected chi connectivity index (χ1v) is 7.93. The summed E-state index contributed by atoms with van der Waals surface area (Å²) in [5.74, 6) is -0.167. The number of para-hydroxylation sites is 1. The average Bonchev–Trinajstić information content (AvgIpc) is 2.64. The first-order chi connectivity index (χ1) is 12.6. The lowest BCUT2D eigenvalue weighted by molar-refractivity contribution is 0.102. The molecule has 0 bridgehead atoms. The lowest BCUT2D eigenvalue weighted by Crippen LogP contribution is -2.15. The van der Waals surface area contributed by atoms with Crippen molar-refractivity contribution in [3.05, 3.63) is 71.4 Å². The molecule has 8 heteroatoms. The van der Waals surface area contributed by atoms with Crippen molar-refractivity contribution in [1.29, 1.82) is 0 Å². The van der Waals surface area contributed by atoms with Crippen molar-refractivity contribution >= 4 is 34.7 Å². The highest BCUT2D eigenvalue weighted by molar-refractivity contribution is 6.31. The molecule has 0 aliphatic heterocycles. The Bertz CT molecular complexity index is 952. The van der Waals surface area contributed by atoms with Crippen molar-refractivity contribution in [2.45, 2.75) is 0 Å². The van der Waals surface area contributed by atoms with Gasteiger partial charge in [0.05, 0.1) is 18.5 Å². The van der Waals surface area contributed by atoms with Gasteiger partial charge in [-0.05, 0) is 30.3 Å². The van der Waals surface area contributed by atoms with E-state index in [1.807, 2.05) is 0 Å². The van der Waals surface area contributed by atoms with Crippen LogP contribution in [-0.4, -0.2) is 23.0 Å². The zero-order valence-electron chi connectivity index (χ0n) is 13.7. The lowest BCUT2D eigenvalue weighted by Gasteiger charge is -2.11. The van der Waals surface area contributed by atoms with Crippen molar-refractivity contribution in [3.63, 3.8) is 0 Å². The van der Waals surface area contributed by atoms with E-state index in [9.17, 15) is 9.18 Å². The van der Waals surface area contributed by atoms with Crippen molar-refractivity contribution in [3.8, 4) is 5.75 Å². The van der Waals surface area contributed by atoms with E-state index in [4.69, 9.17) is 16.3 Å². The third-order valence-electron chi connectivity index (χ3n) is 3.45. The highest BCUT2D eigenvalue weighted by Crippen LogP contribution is 2.30. The Balaban J connectivity index is 1.81. The fourth-order valence-electron chi connectivity index (χ4n) is 2.21. The molecule has 0 radical (unpaired) electrons. The third-order valence-corrected chi connectivity index (χ3v) is 3.68. The molecule has 0 saturated carbocycles. The van der Waals surface area contributed by atoms with Crippen LogP contribution in [0.1, 0.15) is 10.5 Å².